The van der Waals surface area contributed by atoms with Crippen LogP contribution in [0.15, 0.2) is 59.1 Å². The molecule has 3 rings (SSSR count). The van der Waals surface area contributed by atoms with E-state index >= 15 is 0 Å². The fourth-order valence-electron chi connectivity index (χ4n) is 3.03. The molecule has 0 unspecified atom stereocenters. The fraction of sp³-hybridized carbons (Fsp3) is 0.261. The van der Waals surface area contributed by atoms with Crippen LogP contribution in [0.3, 0.4) is 0 Å². The van der Waals surface area contributed by atoms with Gasteiger partial charge in [0.25, 0.3) is 0 Å². The number of halogens is 1. The predicted octanol–water partition coefficient (Wildman–Crippen LogP) is 4.42. The molecule has 0 bridgehead atoms. The summed E-state index contributed by atoms with van der Waals surface area (Å²) < 4.78 is 11.0. The molecule has 0 spiro atoms. The van der Waals surface area contributed by atoms with E-state index in [0.717, 1.165) is 5.56 Å². The molecular weight excluding hydrogens is 418 g/mol. The Kier molecular flexibility index (Phi) is 7.67. The van der Waals surface area contributed by atoms with Crippen LogP contribution in [0.25, 0.3) is 11.3 Å². The Morgan fingerprint density at radius 1 is 1.16 bits per heavy atom. The number of benzene rings is 2. The van der Waals surface area contributed by atoms with Crippen LogP contribution in [0, 0.1) is 0 Å². The number of anilines is 1. The van der Waals surface area contributed by atoms with Crippen LogP contribution in [0.4, 0.5) is 5.69 Å². The Bertz CT molecular complexity index is 1030. The van der Waals surface area contributed by atoms with Crippen LogP contribution in [0.1, 0.15) is 19.2 Å². The van der Waals surface area contributed by atoms with E-state index in [1.807, 2.05) is 25.1 Å². The van der Waals surface area contributed by atoms with Crippen LogP contribution in [0.2, 0.25) is 5.02 Å². The minimum absolute atomic E-state index is 0.0466. The molecule has 1 N–H and O–H groups in total. The molecule has 0 radical (unpaired) electrons. The second-order valence-electron chi connectivity index (χ2n) is 6.78. The number of ether oxygens (including phenoxy) is 1. The van der Waals surface area contributed by atoms with Crippen molar-refractivity contribution in [3.8, 4) is 17.1 Å². The molecule has 0 fully saturated rings. The molecule has 162 valence electrons. The van der Waals surface area contributed by atoms with E-state index < -0.39 is 0 Å². The highest BCUT2D eigenvalue weighted by Gasteiger charge is 2.18. The lowest BCUT2D eigenvalue weighted by Gasteiger charge is -2.20. The lowest BCUT2D eigenvalue weighted by molar-refractivity contribution is -0.134. The number of aryl methyl sites for hydroxylation is 1. The summed E-state index contributed by atoms with van der Waals surface area (Å²) in [7, 11) is 1.54. The molecule has 0 saturated carbocycles. The first-order valence-corrected chi connectivity index (χ1v) is 10.3. The molecule has 2 aromatic carbocycles. The third-order valence-corrected chi connectivity index (χ3v) is 4.94. The van der Waals surface area contributed by atoms with Gasteiger partial charge in [0.15, 0.2) is 11.7 Å². The van der Waals surface area contributed by atoms with Crippen molar-refractivity contribution in [2.24, 2.45) is 0 Å². The maximum atomic E-state index is 12.6. The van der Waals surface area contributed by atoms with Crippen LogP contribution in [-0.2, 0) is 16.0 Å². The zero-order chi connectivity index (χ0) is 22.2. The fourth-order valence-corrected chi connectivity index (χ4v) is 3.16. The van der Waals surface area contributed by atoms with Gasteiger partial charge in [-0.2, -0.15) is 0 Å². The number of methoxy groups -OCH3 is 1. The normalized spacial score (nSPS) is 10.5. The summed E-state index contributed by atoms with van der Waals surface area (Å²) in [5, 5.41) is 3.42. The summed E-state index contributed by atoms with van der Waals surface area (Å²) >= 11 is 5.91. The molecule has 2 amide bonds. The van der Waals surface area contributed by atoms with Crippen molar-refractivity contribution < 1.29 is 18.7 Å². The van der Waals surface area contributed by atoms with Crippen molar-refractivity contribution in [1.29, 1.82) is 0 Å². The number of hydrogen-bond donors (Lipinski definition) is 1. The van der Waals surface area contributed by atoms with Gasteiger partial charge < -0.3 is 19.4 Å². The average Bonchev–Trinajstić information content (AvgIpc) is 3.25. The van der Waals surface area contributed by atoms with E-state index in [0.29, 0.717) is 41.1 Å². The van der Waals surface area contributed by atoms with E-state index in [1.165, 1.54) is 12.0 Å². The average molecular weight is 442 g/mol. The summed E-state index contributed by atoms with van der Waals surface area (Å²) in [5.41, 5.74) is 1.42. The Morgan fingerprint density at radius 3 is 2.61 bits per heavy atom. The quantitative estimate of drug-likeness (QED) is 0.531. The van der Waals surface area contributed by atoms with Crippen LogP contribution >= 0.6 is 11.6 Å². The van der Waals surface area contributed by atoms with E-state index in [4.69, 9.17) is 20.8 Å². The first kappa shape index (κ1) is 22.4. The number of oxazole rings is 1. The van der Waals surface area contributed by atoms with Crippen LogP contribution < -0.4 is 10.1 Å². The smallest absolute Gasteiger partial charge is 0.244 e. The Morgan fingerprint density at radius 2 is 1.90 bits per heavy atom. The van der Waals surface area contributed by atoms with Crippen LogP contribution in [0.5, 0.6) is 5.75 Å². The Hall–Kier alpha value is -3.32. The van der Waals surface area contributed by atoms with Crippen molar-refractivity contribution in [1.82, 2.24) is 9.88 Å². The summed E-state index contributed by atoms with van der Waals surface area (Å²) in [6.07, 6.45) is 2.16. The van der Waals surface area contributed by atoms with Gasteiger partial charge in [0.05, 0.1) is 25.5 Å². The molecule has 0 saturated heterocycles. The summed E-state index contributed by atoms with van der Waals surface area (Å²) in [6, 6.07) is 14.4. The predicted molar refractivity (Wildman–Crippen MR) is 119 cm³/mol. The summed E-state index contributed by atoms with van der Waals surface area (Å²) in [5.74, 6) is 1.20. The van der Waals surface area contributed by atoms with E-state index in [2.05, 4.69) is 10.3 Å². The third-order valence-electron chi connectivity index (χ3n) is 4.68. The van der Waals surface area contributed by atoms with Crippen molar-refractivity contribution in [3.63, 3.8) is 0 Å². The first-order valence-electron chi connectivity index (χ1n) is 9.91. The van der Waals surface area contributed by atoms with Crippen molar-refractivity contribution in [2.75, 3.05) is 25.5 Å². The summed E-state index contributed by atoms with van der Waals surface area (Å²) in [4.78, 5) is 30.8. The minimum atomic E-state index is -0.291. The van der Waals surface area contributed by atoms with Crippen molar-refractivity contribution in [2.45, 2.75) is 19.8 Å². The molecule has 1 aromatic heterocycles. The molecule has 1 heterocycles. The lowest BCUT2D eigenvalue weighted by atomic mass is 10.2. The zero-order valence-corrected chi connectivity index (χ0v) is 18.2. The maximum absolute atomic E-state index is 12.6. The molecule has 8 heteroatoms. The highest BCUT2D eigenvalue weighted by atomic mass is 35.5. The molecule has 31 heavy (non-hydrogen) atoms. The Labute approximate surface area is 186 Å². The lowest BCUT2D eigenvalue weighted by Crippen LogP contribution is -2.38. The molecule has 0 atom stereocenters. The van der Waals surface area contributed by atoms with Gasteiger partial charge in [0, 0.05) is 30.0 Å². The van der Waals surface area contributed by atoms with Crippen molar-refractivity contribution >= 4 is 29.1 Å². The van der Waals surface area contributed by atoms with Gasteiger partial charge in [-0.05, 0) is 43.3 Å². The van der Waals surface area contributed by atoms with Gasteiger partial charge in [-0.15, -0.1) is 0 Å². The number of likely N-dealkylation sites (N-methyl/N-ethyl adjacent to an activating group) is 1. The number of carbonyl (C=O) groups excluding carboxylic acids is 2. The monoisotopic (exact) mass is 441 g/mol. The minimum Gasteiger partial charge on any atom is -0.495 e. The topological polar surface area (TPSA) is 84.7 Å². The van der Waals surface area contributed by atoms with Gasteiger partial charge in [-0.3, -0.25) is 9.59 Å². The number of hydrogen-bond acceptors (Lipinski definition) is 5. The SMILES string of the molecule is CCN(CC(=O)Nc1ccccc1OC)C(=O)CCc1ncc(-c2ccc(Cl)cc2)o1. The number of aromatic nitrogens is 1. The zero-order valence-electron chi connectivity index (χ0n) is 17.4. The van der Waals surface area contributed by atoms with E-state index in [9.17, 15) is 9.59 Å². The standard InChI is InChI=1S/C23H24ClN3O4/c1-3-27(15-21(28)26-18-6-4-5-7-19(18)30-2)23(29)13-12-22-25-14-20(31-22)16-8-10-17(24)11-9-16/h4-11,14H,3,12-13,15H2,1-2H3,(H,26,28). The Balaban J connectivity index is 1.54. The van der Waals surface area contributed by atoms with Gasteiger partial charge >= 0.3 is 0 Å². The highest BCUT2D eigenvalue weighted by Crippen LogP contribution is 2.24. The molecule has 0 aliphatic heterocycles. The molecule has 0 aliphatic carbocycles. The number of amides is 2. The number of nitrogens with one attached hydrogen (secondary N) is 1. The molecule has 7 nitrogen and oxygen atoms in total. The largest absolute Gasteiger partial charge is 0.495 e. The van der Waals surface area contributed by atoms with E-state index in [1.54, 1.807) is 36.5 Å². The van der Waals surface area contributed by atoms with Gasteiger partial charge in [0.2, 0.25) is 11.8 Å². The number of nitrogens with zero attached hydrogens (tertiary/aromatic N) is 2. The first-order chi connectivity index (χ1) is 15.0. The molecule has 3 aromatic rings. The van der Waals surface area contributed by atoms with Gasteiger partial charge in [0.1, 0.15) is 5.75 Å². The van der Waals surface area contributed by atoms with Crippen LogP contribution in [-0.4, -0.2) is 41.9 Å². The molecular formula is C23H24ClN3O4. The van der Waals surface area contributed by atoms with Crippen molar-refractivity contribution in [3.05, 3.63) is 65.6 Å². The highest BCUT2D eigenvalue weighted by molar-refractivity contribution is 6.30. The van der Waals surface area contributed by atoms with Gasteiger partial charge in [-0.1, -0.05) is 23.7 Å². The summed E-state index contributed by atoms with van der Waals surface area (Å²) in [6.45, 7) is 2.20. The van der Waals surface area contributed by atoms with Gasteiger partial charge in [-0.25, -0.2) is 4.98 Å². The van der Waals surface area contributed by atoms with E-state index in [-0.39, 0.29) is 24.8 Å². The number of rotatable bonds is 9. The second kappa shape index (κ2) is 10.6. The third kappa shape index (κ3) is 6.08. The maximum Gasteiger partial charge on any atom is 0.244 e. The number of para-hydroxylation sites is 2. The molecule has 0 aliphatic rings. The second-order valence-corrected chi connectivity index (χ2v) is 7.22. The number of carbonyl (C=O) groups is 2.